The zero-order valence-corrected chi connectivity index (χ0v) is 15.5. The number of carbonyl (C=O) groups excluding carboxylic acids is 1. The average Bonchev–Trinajstić information content (AvgIpc) is 2.94. The first-order valence-electron chi connectivity index (χ1n) is 7.76. The van der Waals surface area contributed by atoms with Gasteiger partial charge in [0, 0.05) is 49.6 Å². The van der Waals surface area contributed by atoms with Gasteiger partial charge >= 0.3 is 5.69 Å². The Morgan fingerprint density at radius 3 is 2.88 bits per heavy atom. The minimum absolute atomic E-state index is 0.0334. The normalized spacial score (nSPS) is 14.8. The topological polar surface area (TPSA) is 134 Å². The van der Waals surface area contributed by atoms with Crippen LogP contribution in [0.1, 0.15) is 17.0 Å². The van der Waals surface area contributed by atoms with E-state index in [1.807, 2.05) is 0 Å². The highest BCUT2D eigenvalue weighted by atomic mass is 32.2. The number of sulfonamides is 1. The van der Waals surface area contributed by atoms with Gasteiger partial charge < -0.3 is 9.88 Å². The maximum absolute atomic E-state index is 12.1. The van der Waals surface area contributed by atoms with Crippen LogP contribution in [0.15, 0.2) is 21.9 Å². The lowest BCUT2D eigenvalue weighted by Gasteiger charge is -2.23. The molecule has 2 aromatic heterocycles. The molecule has 3 rings (SSSR count). The van der Waals surface area contributed by atoms with E-state index in [9.17, 15) is 22.8 Å². The first-order valence-corrected chi connectivity index (χ1v) is 10.4. The number of amides is 1. The van der Waals surface area contributed by atoms with E-state index in [0.717, 1.165) is 10.6 Å². The lowest BCUT2D eigenvalue weighted by atomic mass is 10.2. The molecule has 0 unspecified atom stereocenters. The van der Waals surface area contributed by atoms with Crippen LogP contribution >= 0.6 is 11.3 Å². The van der Waals surface area contributed by atoms with Crippen molar-refractivity contribution in [3.05, 3.63) is 43.7 Å². The smallest absolute Gasteiger partial charge is 0.302 e. The molecule has 26 heavy (non-hydrogen) atoms. The van der Waals surface area contributed by atoms with Crippen molar-refractivity contribution in [2.24, 2.45) is 0 Å². The van der Waals surface area contributed by atoms with Gasteiger partial charge in [0.05, 0.1) is 11.9 Å². The standard InChI is InChI=1S/C14H17N5O5S2/c1-26(23,24)19-7-2-9-10(8-19)25-13(15-9)16-11(20)3-5-18-6-4-12(21)17-14(18)22/h4,6H,2-3,5,7-8H2,1H3,(H,15,16,20)(H,17,21,22). The van der Waals surface area contributed by atoms with Crippen molar-refractivity contribution in [2.45, 2.75) is 25.9 Å². The Balaban J connectivity index is 1.61. The molecule has 0 fully saturated rings. The summed E-state index contributed by atoms with van der Waals surface area (Å²) in [6, 6.07) is 1.21. The molecule has 2 aromatic rings. The second kappa shape index (κ2) is 7.13. The first kappa shape index (κ1) is 18.5. The molecular weight excluding hydrogens is 382 g/mol. The van der Waals surface area contributed by atoms with Crippen LogP contribution in [0.4, 0.5) is 5.13 Å². The van der Waals surface area contributed by atoms with E-state index in [2.05, 4.69) is 15.3 Å². The molecule has 1 aliphatic heterocycles. The number of carbonyl (C=O) groups is 1. The van der Waals surface area contributed by atoms with Crippen molar-refractivity contribution in [3.63, 3.8) is 0 Å². The summed E-state index contributed by atoms with van der Waals surface area (Å²) in [7, 11) is -3.26. The monoisotopic (exact) mass is 399 g/mol. The Kier molecular flexibility index (Phi) is 5.07. The van der Waals surface area contributed by atoms with Gasteiger partial charge in [-0.1, -0.05) is 0 Å². The van der Waals surface area contributed by atoms with Crippen molar-refractivity contribution in [2.75, 3.05) is 18.1 Å². The van der Waals surface area contributed by atoms with E-state index in [0.29, 0.717) is 18.1 Å². The number of aromatic nitrogens is 3. The molecule has 12 heteroatoms. The predicted molar refractivity (Wildman–Crippen MR) is 95.6 cm³/mol. The Hall–Kier alpha value is -2.31. The highest BCUT2D eigenvalue weighted by Crippen LogP contribution is 2.29. The molecule has 0 bridgehead atoms. The first-order chi connectivity index (χ1) is 12.2. The van der Waals surface area contributed by atoms with Gasteiger partial charge in [-0.3, -0.25) is 14.6 Å². The van der Waals surface area contributed by atoms with E-state index in [4.69, 9.17) is 0 Å². The molecule has 2 N–H and O–H groups in total. The fourth-order valence-corrected chi connectivity index (χ4v) is 4.44. The number of thiazole rings is 1. The van der Waals surface area contributed by atoms with Crippen LogP contribution in [-0.4, -0.2) is 46.0 Å². The van der Waals surface area contributed by atoms with Crippen LogP contribution in [0.25, 0.3) is 0 Å². The molecule has 0 saturated heterocycles. The van der Waals surface area contributed by atoms with E-state index in [-0.39, 0.29) is 25.4 Å². The average molecular weight is 399 g/mol. The number of hydrogen-bond donors (Lipinski definition) is 2. The summed E-state index contributed by atoms with van der Waals surface area (Å²) >= 11 is 1.25. The van der Waals surface area contributed by atoms with Crippen LogP contribution in [-0.2, 0) is 34.3 Å². The van der Waals surface area contributed by atoms with E-state index in [1.54, 1.807) is 0 Å². The Labute approximate surface area is 152 Å². The van der Waals surface area contributed by atoms with E-state index in [1.165, 1.54) is 38.7 Å². The minimum atomic E-state index is -3.26. The van der Waals surface area contributed by atoms with Gasteiger partial charge in [-0.25, -0.2) is 18.2 Å². The molecule has 140 valence electrons. The number of aryl methyl sites for hydroxylation is 1. The third kappa shape index (κ3) is 4.26. The second-order valence-corrected chi connectivity index (χ2v) is 8.90. The van der Waals surface area contributed by atoms with Crippen molar-refractivity contribution in [1.82, 2.24) is 18.8 Å². The van der Waals surface area contributed by atoms with Gasteiger partial charge in [0.2, 0.25) is 15.9 Å². The Morgan fingerprint density at radius 1 is 1.42 bits per heavy atom. The Morgan fingerprint density at radius 2 is 2.19 bits per heavy atom. The van der Waals surface area contributed by atoms with E-state index < -0.39 is 21.3 Å². The van der Waals surface area contributed by atoms with Crippen molar-refractivity contribution in [1.29, 1.82) is 0 Å². The number of nitrogens with zero attached hydrogens (tertiary/aromatic N) is 3. The van der Waals surface area contributed by atoms with Crippen molar-refractivity contribution < 1.29 is 13.2 Å². The molecule has 0 aliphatic carbocycles. The van der Waals surface area contributed by atoms with Crippen molar-refractivity contribution in [3.8, 4) is 0 Å². The number of aromatic amines is 1. The lowest BCUT2D eigenvalue weighted by molar-refractivity contribution is -0.116. The number of hydrogen-bond acceptors (Lipinski definition) is 7. The molecule has 0 aromatic carbocycles. The zero-order chi connectivity index (χ0) is 18.9. The highest BCUT2D eigenvalue weighted by Gasteiger charge is 2.26. The van der Waals surface area contributed by atoms with Crippen molar-refractivity contribution >= 4 is 32.4 Å². The number of anilines is 1. The lowest BCUT2D eigenvalue weighted by Crippen LogP contribution is -2.34. The summed E-state index contributed by atoms with van der Waals surface area (Å²) in [6.45, 7) is 0.751. The summed E-state index contributed by atoms with van der Waals surface area (Å²) in [5.74, 6) is -0.325. The maximum Gasteiger partial charge on any atom is 0.328 e. The Bertz CT molecular complexity index is 1050. The van der Waals surface area contributed by atoms with Crippen LogP contribution in [0.2, 0.25) is 0 Å². The molecule has 3 heterocycles. The molecule has 0 atom stereocenters. The van der Waals surface area contributed by atoms with E-state index >= 15 is 0 Å². The molecule has 1 aliphatic rings. The van der Waals surface area contributed by atoms with Gasteiger partial charge in [0.15, 0.2) is 5.13 Å². The number of H-pyrrole nitrogens is 1. The van der Waals surface area contributed by atoms with Gasteiger partial charge in [0.1, 0.15) is 0 Å². The SMILES string of the molecule is CS(=O)(=O)N1CCc2nc(NC(=O)CCn3ccc(=O)[nH]c3=O)sc2C1. The van der Waals surface area contributed by atoms with Crippen LogP contribution in [0.5, 0.6) is 0 Å². The van der Waals surface area contributed by atoms with Crippen LogP contribution < -0.4 is 16.6 Å². The molecule has 1 amide bonds. The highest BCUT2D eigenvalue weighted by molar-refractivity contribution is 7.88. The minimum Gasteiger partial charge on any atom is -0.302 e. The molecule has 10 nitrogen and oxygen atoms in total. The fourth-order valence-electron chi connectivity index (χ4n) is 2.53. The summed E-state index contributed by atoms with van der Waals surface area (Å²) < 4.78 is 25.9. The zero-order valence-electron chi connectivity index (χ0n) is 13.9. The predicted octanol–water partition coefficient (Wildman–Crippen LogP) is -0.660. The number of rotatable bonds is 5. The molecular formula is C14H17N5O5S2. The number of nitrogens with one attached hydrogen (secondary N) is 2. The van der Waals surface area contributed by atoms with Crippen LogP contribution in [0, 0.1) is 0 Å². The molecule has 0 spiro atoms. The molecule has 0 saturated carbocycles. The summed E-state index contributed by atoms with van der Waals surface area (Å²) in [4.78, 5) is 41.9. The maximum atomic E-state index is 12.1. The quantitative estimate of drug-likeness (QED) is 0.685. The molecule has 0 radical (unpaired) electrons. The summed E-state index contributed by atoms with van der Waals surface area (Å²) in [6.07, 6.45) is 3.03. The largest absolute Gasteiger partial charge is 0.328 e. The fraction of sp³-hybridized carbons (Fsp3) is 0.429. The van der Waals surface area contributed by atoms with Crippen LogP contribution in [0.3, 0.4) is 0 Å². The van der Waals surface area contributed by atoms with Gasteiger partial charge in [0.25, 0.3) is 5.56 Å². The van der Waals surface area contributed by atoms with Gasteiger partial charge in [-0.05, 0) is 0 Å². The van der Waals surface area contributed by atoms with Gasteiger partial charge in [-0.15, -0.1) is 11.3 Å². The summed E-state index contributed by atoms with van der Waals surface area (Å²) in [5.41, 5.74) is -0.273. The number of fused-ring (bicyclic) bond motifs is 1. The summed E-state index contributed by atoms with van der Waals surface area (Å²) in [5, 5.41) is 3.07. The third-order valence-corrected chi connectivity index (χ3v) is 6.14. The second-order valence-electron chi connectivity index (χ2n) is 5.84. The van der Waals surface area contributed by atoms with Gasteiger partial charge in [-0.2, -0.15) is 4.31 Å². The third-order valence-electron chi connectivity index (χ3n) is 3.89.